The van der Waals surface area contributed by atoms with Gasteiger partial charge >= 0.3 is 5.97 Å². The second kappa shape index (κ2) is 5.68. The topological polar surface area (TPSA) is 66.4 Å². The lowest BCUT2D eigenvalue weighted by Crippen LogP contribution is -2.31. The van der Waals surface area contributed by atoms with Crippen LogP contribution in [0.4, 0.5) is 0 Å². The summed E-state index contributed by atoms with van der Waals surface area (Å²) in [6, 6.07) is 5.00. The van der Waals surface area contributed by atoms with Crippen molar-refractivity contribution in [2.45, 2.75) is 13.8 Å². The number of hydrogen-bond acceptors (Lipinski definition) is 2. The fraction of sp³-hybridized carbons (Fsp3) is 0.333. The van der Waals surface area contributed by atoms with Gasteiger partial charge in [-0.3, -0.25) is 9.59 Å². The van der Waals surface area contributed by atoms with E-state index in [2.05, 4.69) is 5.32 Å². The molecule has 0 aliphatic carbocycles. The highest BCUT2D eigenvalue weighted by Gasteiger charge is 2.13. The molecule has 5 heteroatoms. The van der Waals surface area contributed by atoms with Crippen LogP contribution in [-0.4, -0.2) is 23.5 Å². The molecule has 4 nitrogen and oxygen atoms in total. The van der Waals surface area contributed by atoms with Crippen molar-refractivity contribution in [2.75, 3.05) is 6.54 Å². The number of carbonyl (C=O) groups is 2. The summed E-state index contributed by atoms with van der Waals surface area (Å²) >= 11 is 5.83. The van der Waals surface area contributed by atoms with Crippen molar-refractivity contribution in [1.29, 1.82) is 0 Å². The average Bonchev–Trinajstić information content (AvgIpc) is 2.23. The van der Waals surface area contributed by atoms with Gasteiger partial charge in [-0.2, -0.15) is 0 Å². The Morgan fingerprint density at radius 1 is 1.41 bits per heavy atom. The van der Waals surface area contributed by atoms with E-state index in [1.807, 2.05) is 6.92 Å². The molecule has 0 fully saturated rings. The van der Waals surface area contributed by atoms with Gasteiger partial charge in [0.2, 0.25) is 0 Å². The monoisotopic (exact) mass is 255 g/mol. The first-order chi connectivity index (χ1) is 7.90. The first kappa shape index (κ1) is 13.5. The van der Waals surface area contributed by atoms with Crippen LogP contribution in [0.3, 0.4) is 0 Å². The molecule has 0 aromatic heterocycles. The van der Waals surface area contributed by atoms with E-state index in [1.165, 1.54) is 6.92 Å². The van der Waals surface area contributed by atoms with Crippen LogP contribution in [0.25, 0.3) is 0 Å². The van der Waals surface area contributed by atoms with Crippen molar-refractivity contribution >= 4 is 23.5 Å². The zero-order valence-electron chi connectivity index (χ0n) is 9.66. The van der Waals surface area contributed by atoms with Gasteiger partial charge in [0.15, 0.2) is 0 Å². The third-order valence-electron chi connectivity index (χ3n) is 2.29. The van der Waals surface area contributed by atoms with E-state index in [0.717, 1.165) is 5.56 Å². The van der Waals surface area contributed by atoms with E-state index < -0.39 is 11.9 Å². The molecule has 1 aromatic rings. The Labute approximate surface area is 105 Å². The summed E-state index contributed by atoms with van der Waals surface area (Å²) in [5.74, 6) is -1.87. The zero-order valence-corrected chi connectivity index (χ0v) is 10.4. The standard InChI is InChI=1S/C12H14ClNO3/c1-7-3-9(5-10(13)4-7)11(15)14-6-8(2)12(16)17/h3-5,8H,6H2,1-2H3,(H,14,15)(H,16,17). The van der Waals surface area contributed by atoms with Gasteiger partial charge in [0.1, 0.15) is 0 Å². The van der Waals surface area contributed by atoms with Gasteiger partial charge in [-0.15, -0.1) is 0 Å². The second-order valence-corrected chi connectivity index (χ2v) is 4.40. The smallest absolute Gasteiger partial charge is 0.308 e. The van der Waals surface area contributed by atoms with Crippen LogP contribution in [0.2, 0.25) is 5.02 Å². The summed E-state index contributed by atoms with van der Waals surface area (Å²) in [7, 11) is 0. The molecule has 1 rings (SSSR count). The summed E-state index contributed by atoms with van der Waals surface area (Å²) < 4.78 is 0. The van der Waals surface area contributed by atoms with Crippen LogP contribution >= 0.6 is 11.6 Å². The first-order valence-electron chi connectivity index (χ1n) is 5.18. The molecule has 2 N–H and O–H groups in total. The van der Waals surface area contributed by atoms with Gasteiger partial charge in [-0.25, -0.2) is 0 Å². The van der Waals surface area contributed by atoms with Crippen molar-refractivity contribution < 1.29 is 14.7 Å². The number of hydrogen-bond donors (Lipinski definition) is 2. The number of amides is 1. The highest BCUT2D eigenvalue weighted by Crippen LogP contribution is 2.14. The lowest BCUT2D eigenvalue weighted by Gasteiger charge is -2.09. The molecule has 0 heterocycles. The van der Waals surface area contributed by atoms with E-state index in [0.29, 0.717) is 10.6 Å². The first-order valence-corrected chi connectivity index (χ1v) is 5.56. The Hall–Kier alpha value is -1.55. The van der Waals surface area contributed by atoms with Crippen LogP contribution < -0.4 is 5.32 Å². The second-order valence-electron chi connectivity index (χ2n) is 3.97. The Morgan fingerprint density at radius 3 is 2.59 bits per heavy atom. The highest BCUT2D eigenvalue weighted by atomic mass is 35.5. The molecule has 1 aromatic carbocycles. The fourth-order valence-corrected chi connectivity index (χ4v) is 1.59. The third kappa shape index (κ3) is 4.07. The fourth-order valence-electron chi connectivity index (χ4n) is 1.30. The molecule has 0 saturated heterocycles. The lowest BCUT2D eigenvalue weighted by molar-refractivity contribution is -0.140. The van der Waals surface area contributed by atoms with E-state index in [4.69, 9.17) is 16.7 Å². The number of carbonyl (C=O) groups excluding carboxylic acids is 1. The Balaban J connectivity index is 2.67. The van der Waals surface area contributed by atoms with E-state index in [-0.39, 0.29) is 12.5 Å². The van der Waals surface area contributed by atoms with Crippen molar-refractivity contribution in [3.8, 4) is 0 Å². The number of halogens is 1. The Kier molecular flexibility index (Phi) is 4.52. The van der Waals surface area contributed by atoms with E-state index in [9.17, 15) is 9.59 Å². The molecule has 92 valence electrons. The van der Waals surface area contributed by atoms with Crippen molar-refractivity contribution in [3.05, 3.63) is 34.3 Å². The van der Waals surface area contributed by atoms with Crippen molar-refractivity contribution in [1.82, 2.24) is 5.32 Å². The maximum atomic E-state index is 11.7. The molecular weight excluding hydrogens is 242 g/mol. The molecule has 0 spiro atoms. The molecular formula is C12H14ClNO3. The number of nitrogens with one attached hydrogen (secondary N) is 1. The number of aliphatic carboxylic acids is 1. The third-order valence-corrected chi connectivity index (χ3v) is 2.51. The van der Waals surface area contributed by atoms with Gasteiger partial charge in [0.25, 0.3) is 5.91 Å². The lowest BCUT2D eigenvalue weighted by atomic mass is 10.1. The van der Waals surface area contributed by atoms with Gasteiger partial charge in [-0.1, -0.05) is 18.5 Å². The van der Waals surface area contributed by atoms with Crippen molar-refractivity contribution in [3.63, 3.8) is 0 Å². The summed E-state index contributed by atoms with van der Waals surface area (Å²) in [5.41, 5.74) is 1.32. The molecule has 0 aliphatic rings. The quantitative estimate of drug-likeness (QED) is 0.866. The van der Waals surface area contributed by atoms with E-state index >= 15 is 0 Å². The van der Waals surface area contributed by atoms with Crippen LogP contribution in [0.1, 0.15) is 22.8 Å². The molecule has 0 radical (unpaired) electrons. The molecule has 0 saturated carbocycles. The summed E-state index contributed by atoms with van der Waals surface area (Å²) in [5, 5.41) is 11.7. The van der Waals surface area contributed by atoms with Crippen LogP contribution in [-0.2, 0) is 4.79 Å². The summed E-state index contributed by atoms with van der Waals surface area (Å²) in [6.45, 7) is 3.47. The zero-order chi connectivity index (χ0) is 13.0. The number of carboxylic acids is 1. The summed E-state index contributed by atoms with van der Waals surface area (Å²) in [6.07, 6.45) is 0. The molecule has 0 bridgehead atoms. The molecule has 1 amide bonds. The molecule has 0 aliphatic heterocycles. The Bertz CT molecular complexity index is 425. The van der Waals surface area contributed by atoms with Gasteiger partial charge in [0.05, 0.1) is 5.92 Å². The van der Waals surface area contributed by atoms with Gasteiger partial charge in [0, 0.05) is 17.1 Å². The van der Waals surface area contributed by atoms with Crippen LogP contribution in [0, 0.1) is 12.8 Å². The largest absolute Gasteiger partial charge is 0.481 e. The van der Waals surface area contributed by atoms with Crippen molar-refractivity contribution in [2.24, 2.45) is 5.92 Å². The minimum atomic E-state index is -0.937. The van der Waals surface area contributed by atoms with Crippen LogP contribution in [0.5, 0.6) is 0 Å². The Morgan fingerprint density at radius 2 is 2.06 bits per heavy atom. The highest BCUT2D eigenvalue weighted by molar-refractivity contribution is 6.31. The van der Waals surface area contributed by atoms with E-state index in [1.54, 1.807) is 18.2 Å². The number of benzene rings is 1. The maximum absolute atomic E-state index is 11.7. The minimum absolute atomic E-state index is 0.0970. The molecule has 1 atom stereocenters. The number of rotatable bonds is 4. The average molecular weight is 256 g/mol. The number of aryl methyl sites for hydroxylation is 1. The predicted molar refractivity (Wildman–Crippen MR) is 65.3 cm³/mol. The molecule has 17 heavy (non-hydrogen) atoms. The SMILES string of the molecule is Cc1cc(Cl)cc(C(=O)NCC(C)C(=O)O)c1. The summed E-state index contributed by atoms with van der Waals surface area (Å²) in [4.78, 5) is 22.3. The van der Waals surface area contributed by atoms with Gasteiger partial charge < -0.3 is 10.4 Å². The van der Waals surface area contributed by atoms with Gasteiger partial charge in [-0.05, 0) is 30.7 Å². The maximum Gasteiger partial charge on any atom is 0.308 e. The molecule has 1 unspecified atom stereocenters. The predicted octanol–water partition coefficient (Wildman–Crippen LogP) is 2.10. The normalized spacial score (nSPS) is 11.9. The number of carboxylic acid groups (broad SMARTS) is 1. The van der Waals surface area contributed by atoms with Crippen LogP contribution in [0.15, 0.2) is 18.2 Å². The minimum Gasteiger partial charge on any atom is -0.481 e.